The number of esters is 1. The van der Waals surface area contributed by atoms with E-state index in [9.17, 15) is 14.0 Å². The lowest BCUT2D eigenvalue weighted by molar-refractivity contribution is 0.0596. The first-order chi connectivity index (χ1) is 12.9. The first-order valence-electron chi connectivity index (χ1n) is 8.84. The van der Waals surface area contributed by atoms with Crippen LogP contribution in [0.5, 0.6) is 0 Å². The Bertz CT molecular complexity index is 854. The minimum atomic E-state index is -0.414. The average molecular weight is 374 g/mol. The van der Waals surface area contributed by atoms with Gasteiger partial charge in [0.25, 0.3) is 5.91 Å². The van der Waals surface area contributed by atoms with Crippen LogP contribution in [0.15, 0.2) is 28.7 Å². The van der Waals surface area contributed by atoms with Crippen LogP contribution in [0.2, 0.25) is 0 Å². The summed E-state index contributed by atoms with van der Waals surface area (Å²) in [5, 5.41) is 0. The molecule has 0 radical (unpaired) electrons. The number of furan rings is 1. The molecule has 1 aromatic carbocycles. The van der Waals surface area contributed by atoms with Crippen LogP contribution in [0.3, 0.4) is 0 Å². The lowest BCUT2D eigenvalue weighted by Crippen LogP contribution is -2.48. The van der Waals surface area contributed by atoms with E-state index in [-0.39, 0.29) is 11.7 Å². The summed E-state index contributed by atoms with van der Waals surface area (Å²) in [7, 11) is 1.34. The second-order valence-electron chi connectivity index (χ2n) is 6.71. The third-order valence-corrected chi connectivity index (χ3v) is 4.83. The molecular weight excluding hydrogens is 351 g/mol. The van der Waals surface area contributed by atoms with Crippen molar-refractivity contribution in [3.05, 3.63) is 58.3 Å². The van der Waals surface area contributed by atoms with Crippen molar-refractivity contribution in [3.8, 4) is 0 Å². The van der Waals surface area contributed by atoms with Gasteiger partial charge in [0.1, 0.15) is 22.9 Å². The predicted octanol–water partition coefficient (Wildman–Crippen LogP) is 2.78. The second kappa shape index (κ2) is 7.92. The minimum absolute atomic E-state index is 0.157. The molecule has 0 unspecified atom stereocenters. The molecule has 0 N–H and O–H groups in total. The number of ether oxygens (including phenoxy) is 1. The molecule has 1 aliphatic rings. The summed E-state index contributed by atoms with van der Waals surface area (Å²) in [6.45, 7) is 6.41. The zero-order valence-corrected chi connectivity index (χ0v) is 15.8. The van der Waals surface area contributed by atoms with Crippen molar-refractivity contribution in [3.63, 3.8) is 0 Å². The molecular formula is C20H23FN2O4. The van der Waals surface area contributed by atoms with Gasteiger partial charge in [0.15, 0.2) is 0 Å². The third-order valence-electron chi connectivity index (χ3n) is 4.83. The first-order valence-corrected chi connectivity index (χ1v) is 8.84. The van der Waals surface area contributed by atoms with Gasteiger partial charge in [-0.1, -0.05) is 6.07 Å². The number of carbonyl (C=O) groups is 2. The highest BCUT2D eigenvalue weighted by molar-refractivity contribution is 5.94. The van der Waals surface area contributed by atoms with E-state index in [1.54, 1.807) is 36.9 Å². The molecule has 0 atom stereocenters. The number of aryl methyl sites for hydroxylation is 2. The van der Waals surface area contributed by atoms with Gasteiger partial charge in [-0.15, -0.1) is 0 Å². The average Bonchev–Trinajstić information content (AvgIpc) is 3.03. The first kappa shape index (κ1) is 19.1. The Morgan fingerprint density at radius 2 is 1.85 bits per heavy atom. The number of piperazine rings is 1. The number of hydrogen-bond donors (Lipinski definition) is 0. The van der Waals surface area contributed by atoms with Crippen molar-refractivity contribution >= 4 is 11.9 Å². The molecule has 7 heteroatoms. The summed E-state index contributed by atoms with van der Waals surface area (Å²) >= 11 is 0. The van der Waals surface area contributed by atoms with Crippen LogP contribution in [-0.4, -0.2) is 55.0 Å². The monoisotopic (exact) mass is 374 g/mol. The fraction of sp³-hybridized carbons (Fsp3) is 0.400. The largest absolute Gasteiger partial charge is 0.465 e. The van der Waals surface area contributed by atoms with E-state index in [0.717, 1.165) is 0 Å². The maximum Gasteiger partial charge on any atom is 0.341 e. The molecule has 144 valence electrons. The zero-order valence-electron chi connectivity index (χ0n) is 15.8. The van der Waals surface area contributed by atoms with Crippen LogP contribution in [-0.2, 0) is 11.3 Å². The topological polar surface area (TPSA) is 63.0 Å². The molecule has 27 heavy (non-hydrogen) atoms. The van der Waals surface area contributed by atoms with Gasteiger partial charge in [-0.05, 0) is 37.6 Å². The third kappa shape index (κ3) is 4.19. The van der Waals surface area contributed by atoms with Gasteiger partial charge in [0, 0.05) is 31.7 Å². The van der Waals surface area contributed by atoms with E-state index >= 15 is 0 Å². The van der Waals surface area contributed by atoms with Crippen molar-refractivity contribution in [2.75, 3.05) is 33.3 Å². The highest BCUT2D eigenvalue weighted by atomic mass is 19.1. The number of carbonyl (C=O) groups excluding carboxylic acids is 2. The number of hydrogen-bond acceptors (Lipinski definition) is 5. The van der Waals surface area contributed by atoms with Gasteiger partial charge < -0.3 is 14.1 Å². The molecule has 1 amide bonds. The van der Waals surface area contributed by atoms with Crippen LogP contribution in [0.25, 0.3) is 0 Å². The number of rotatable bonds is 4. The molecule has 0 saturated carbocycles. The fourth-order valence-electron chi connectivity index (χ4n) is 3.17. The van der Waals surface area contributed by atoms with Gasteiger partial charge >= 0.3 is 5.97 Å². The Labute approximate surface area is 157 Å². The standard InChI is InChI=1S/C20H23FN2O4/c1-13-4-5-15(10-18(13)21)19(24)23-8-6-22(7-9-23)12-16-11-17(14(2)27-16)20(25)26-3/h4-5,10-11H,6-9,12H2,1-3H3. The maximum atomic E-state index is 13.7. The van der Waals surface area contributed by atoms with Crippen LogP contribution < -0.4 is 0 Å². The smallest absolute Gasteiger partial charge is 0.341 e. The molecule has 1 saturated heterocycles. The van der Waals surface area contributed by atoms with Crippen molar-refractivity contribution in [1.82, 2.24) is 9.80 Å². The van der Waals surface area contributed by atoms with Gasteiger partial charge in [0.2, 0.25) is 0 Å². The number of methoxy groups -OCH3 is 1. The lowest BCUT2D eigenvalue weighted by Gasteiger charge is -2.34. The SMILES string of the molecule is COC(=O)c1cc(CN2CCN(C(=O)c3ccc(C)c(F)c3)CC2)oc1C. The van der Waals surface area contributed by atoms with Crippen LogP contribution in [0.4, 0.5) is 4.39 Å². The van der Waals surface area contributed by atoms with Crippen molar-refractivity contribution < 1.29 is 23.1 Å². The summed E-state index contributed by atoms with van der Waals surface area (Å²) < 4.78 is 24.1. The van der Waals surface area contributed by atoms with E-state index in [4.69, 9.17) is 9.15 Å². The molecule has 0 spiro atoms. The van der Waals surface area contributed by atoms with Crippen molar-refractivity contribution in [2.24, 2.45) is 0 Å². The van der Waals surface area contributed by atoms with Crippen molar-refractivity contribution in [1.29, 1.82) is 0 Å². The Kier molecular flexibility index (Phi) is 5.60. The molecule has 0 bridgehead atoms. The van der Waals surface area contributed by atoms with E-state index in [1.165, 1.54) is 13.2 Å². The molecule has 3 rings (SSSR count). The maximum absolute atomic E-state index is 13.7. The van der Waals surface area contributed by atoms with Gasteiger partial charge in [0.05, 0.1) is 13.7 Å². The predicted molar refractivity (Wildman–Crippen MR) is 97.1 cm³/mol. The Balaban J connectivity index is 1.58. The van der Waals surface area contributed by atoms with Gasteiger partial charge in [-0.25, -0.2) is 9.18 Å². The van der Waals surface area contributed by atoms with Crippen LogP contribution in [0.1, 0.15) is 37.8 Å². The van der Waals surface area contributed by atoms with E-state index in [2.05, 4.69) is 4.90 Å². The summed E-state index contributed by atoms with van der Waals surface area (Å²) in [6, 6.07) is 6.28. The summed E-state index contributed by atoms with van der Waals surface area (Å²) in [4.78, 5) is 28.1. The highest BCUT2D eigenvalue weighted by Crippen LogP contribution is 2.19. The Hall–Kier alpha value is -2.67. The highest BCUT2D eigenvalue weighted by Gasteiger charge is 2.24. The molecule has 1 aromatic heterocycles. The summed E-state index contributed by atoms with van der Waals surface area (Å²) in [5.41, 5.74) is 1.33. The molecule has 1 aliphatic heterocycles. The van der Waals surface area contributed by atoms with Crippen LogP contribution >= 0.6 is 0 Å². The zero-order chi connectivity index (χ0) is 19.6. The van der Waals surface area contributed by atoms with Gasteiger partial charge in [-0.2, -0.15) is 0 Å². The summed E-state index contributed by atoms with van der Waals surface area (Å²) in [6.07, 6.45) is 0. The second-order valence-corrected chi connectivity index (χ2v) is 6.71. The van der Waals surface area contributed by atoms with Crippen molar-refractivity contribution in [2.45, 2.75) is 20.4 Å². The van der Waals surface area contributed by atoms with Gasteiger partial charge in [-0.3, -0.25) is 9.69 Å². The molecule has 0 aliphatic carbocycles. The lowest BCUT2D eigenvalue weighted by atomic mass is 10.1. The Morgan fingerprint density at radius 3 is 2.48 bits per heavy atom. The Morgan fingerprint density at radius 1 is 1.15 bits per heavy atom. The molecule has 2 heterocycles. The summed E-state index contributed by atoms with van der Waals surface area (Å²) in [5.74, 6) is 0.285. The quantitative estimate of drug-likeness (QED) is 0.770. The van der Waals surface area contributed by atoms with E-state index in [1.807, 2.05) is 0 Å². The fourth-order valence-corrected chi connectivity index (χ4v) is 3.17. The minimum Gasteiger partial charge on any atom is -0.465 e. The van der Waals surface area contributed by atoms with E-state index < -0.39 is 5.97 Å². The van der Waals surface area contributed by atoms with Crippen LogP contribution in [0, 0.1) is 19.7 Å². The number of nitrogens with zero attached hydrogens (tertiary/aromatic N) is 2. The number of benzene rings is 1. The molecule has 6 nitrogen and oxygen atoms in total. The molecule has 2 aromatic rings. The number of amides is 1. The molecule has 1 fully saturated rings. The normalized spacial score (nSPS) is 15.0. The number of halogens is 1. The van der Waals surface area contributed by atoms with E-state index in [0.29, 0.717) is 60.9 Å².